The summed E-state index contributed by atoms with van der Waals surface area (Å²) >= 11 is 5.11. The Kier molecular flexibility index (Phi) is 5.56. The predicted molar refractivity (Wildman–Crippen MR) is 96.0 cm³/mol. The number of hydrogen-bond donors (Lipinski definition) is 0. The van der Waals surface area contributed by atoms with Crippen LogP contribution in [0, 0.1) is 0 Å². The first kappa shape index (κ1) is 18.5. The second-order valence-electron chi connectivity index (χ2n) is 6.98. The molecule has 0 spiro atoms. The highest BCUT2D eigenvalue weighted by Gasteiger charge is 2.38. The minimum atomic E-state index is -0.576. The molecule has 2 heterocycles. The Balaban J connectivity index is 2.26. The number of carbonyl (C=O) groups excluding carboxylic acids is 2. The van der Waals surface area contributed by atoms with Crippen molar-refractivity contribution in [2.75, 3.05) is 6.54 Å². The Hall–Kier alpha value is -0.880. The van der Waals surface area contributed by atoms with Crippen molar-refractivity contribution in [3.63, 3.8) is 0 Å². The maximum absolute atomic E-state index is 12.8. The van der Waals surface area contributed by atoms with Crippen LogP contribution in [0.15, 0.2) is 9.85 Å². The van der Waals surface area contributed by atoms with E-state index in [1.54, 1.807) is 23.2 Å². The molecule has 1 aliphatic rings. The molecule has 0 aliphatic carbocycles. The zero-order valence-electron chi connectivity index (χ0n) is 14.3. The van der Waals surface area contributed by atoms with Gasteiger partial charge in [-0.3, -0.25) is 4.79 Å². The molecule has 6 heteroatoms. The van der Waals surface area contributed by atoms with Gasteiger partial charge in [-0.2, -0.15) is 0 Å². The summed E-state index contributed by atoms with van der Waals surface area (Å²) < 4.78 is 6.41. The fourth-order valence-corrected chi connectivity index (χ4v) is 4.58. The molecule has 1 aliphatic heterocycles. The minimum Gasteiger partial charge on any atom is -0.458 e. The van der Waals surface area contributed by atoms with E-state index in [-0.39, 0.29) is 17.8 Å². The van der Waals surface area contributed by atoms with Crippen LogP contribution in [0.3, 0.4) is 0 Å². The topological polar surface area (TPSA) is 46.6 Å². The average molecular weight is 402 g/mol. The number of hydrogen-bond acceptors (Lipinski definition) is 4. The number of esters is 1. The molecule has 0 N–H and O–H groups in total. The van der Waals surface area contributed by atoms with Gasteiger partial charge < -0.3 is 9.64 Å². The van der Waals surface area contributed by atoms with Gasteiger partial charge in [0.15, 0.2) is 0 Å². The van der Waals surface area contributed by atoms with Gasteiger partial charge in [-0.1, -0.05) is 13.3 Å². The maximum Gasteiger partial charge on any atom is 0.329 e. The van der Waals surface area contributed by atoms with E-state index in [4.69, 9.17) is 4.74 Å². The molecule has 0 fully saturated rings. The van der Waals surface area contributed by atoms with Gasteiger partial charge in [-0.15, -0.1) is 11.3 Å². The monoisotopic (exact) mass is 401 g/mol. The minimum absolute atomic E-state index is 0.0762. The van der Waals surface area contributed by atoms with Crippen molar-refractivity contribution in [1.82, 2.24) is 4.90 Å². The third-order valence-electron chi connectivity index (χ3n) is 3.86. The first-order chi connectivity index (χ1) is 10.6. The molecular weight excluding hydrogens is 378 g/mol. The molecule has 4 nitrogen and oxygen atoms in total. The SMILES string of the molecule is CCCC1CN(C(C)C(=O)OC(C)(C)C)C(=O)c2cc(Br)sc21. The molecule has 1 amide bonds. The first-order valence-electron chi connectivity index (χ1n) is 7.97. The second-order valence-corrected chi connectivity index (χ2v) is 9.44. The summed E-state index contributed by atoms with van der Waals surface area (Å²) in [7, 11) is 0. The summed E-state index contributed by atoms with van der Waals surface area (Å²) in [5.74, 6) is -0.139. The van der Waals surface area contributed by atoms with E-state index in [9.17, 15) is 9.59 Å². The predicted octanol–water partition coefficient (Wildman–Crippen LogP) is 4.58. The Bertz CT molecular complexity index is 605. The van der Waals surface area contributed by atoms with Gasteiger partial charge >= 0.3 is 5.97 Å². The number of fused-ring (bicyclic) bond motifs is 1. The second kappa shape index (κ2) is 6.93. The number of nitrogens with zero attached hydrogens (tertiary/aromatic N) is 1. The van der Waals surface area contributed by atoms with E-state index < -0.39 is 11.6 Å². The standard InChI is InChI=1S/C17H24BrNO3S/c1-6-7-11-9-19(10(2)16(21)22-17(3,4)5)15(20)12-8-13(18)23-14(11)12/h8,10-11H,6-7,9H2,1-5H3. The molecule has 0 radical (unpaired) electrons. The van der Waals surface area contributed by atoms with E-state index in [1.807, 2.05) is 26.8 Å². The van der Waals surface area contributed by atoms with Gasteiger partial charge in [0, 0.05) is 17.3 Å². The van der Waals surface area contributed by atoms with E-state index in [1.165, 1.54) is 0 Å². The lowest BCUT2D eigenvalue weighted by molar-refractivity contribution is -0.160. The first-order valence-corrected chi connectivity index (χ1v) is 9.58. The van der Waals surface area contributed by atoms with Crippen LogP contribution in [0.25, 0.3) is 0 Å². The zero-order chi connectivity index (χ0) is 17.4. The number of ether oxygens (including phenoxy) is 1. The van der Waals surface area contributed by atoms with Gasteiger partial charge in [0.25, 0.3) is 5.91 Å². The third kappa shape index (κ3) is 4.15. The molecule has 1 aromatic rings. The fourth-order valence-electron chi connectivity index (χ4n) is 2.82. The smallest absolute Gasteiger partial charge is 0.329 e. The summed E-state index contributed by atoms with van der Waals surface area (Å²) in [5.41, 5.74) is 0.172. The van der Waals surface area contributed by atoms with Gasteiger partial charge in [0.2, 0.25) is 0 Å². The van der Waals surface area contributed by atoms with Crippen molar-refractivity contribution in [3.8, 4) is 0 Å². The Labute approximate surface area is 150 Å². The van der Waals surface area contributed by atoms with Crippen molar-refractivity contribution in [1.29, 1.82) is 0 Å². The summed E-state index contributed by atoms with van der Waals surface area (Å²) in [5, 5.41) is 0. The van der Waals surface area contributed by atoms with E-state index in [0.717, 1.165) is 27.1 Å². The van der Waals surface area contributed by atoms with Crippen molar-refractivity contribution in [2.45, 2.75) is 65.0 Å². The summed E-state index contributed by atoms with van der Waals surface area (Å²) in [6.45, 7) is 9.98. The van der Waals surface area contributed by atoms with Crippen LogP contribution in [0.2, 0.25) is 0 Å². The molecule has 0 saturated heterocycles. The average Bonchev–Trinajstić information content (AvgIpc) is 2.82. The van der Waals surface area contributed by atoms with Gasteiger partial charge in [-0.05, 0) is 56.1 Å². The quantitative estimate of drug-likeness (QED) is 0.693. The van der Waals surface area contributed by atoms with E-state index in [2.05, 4.69) is 22.9 Å². The van der Waals surface area contributed by atoms with Crippen molar-refractivity contribution in [2.24, 2.45) is 0 Å². The highest BCUT2D eigenvalue weighted by molar-refractivity contribution is 9.11. The van der Waals surface area contributed by atoms with E-state index >= 15 is 0 Å². The Morgan fingerprint density at radius 3 is 2.74 bits per heavy atom. The molecule has 2 rings (SSSR count). The van der Waals surface area contributed by atoms with Crippen LogP contribution < -0.4 is 0 Å². The van der Waals surface area contributed by atoms with Gasteiger partial charge in [-0.25, -0.2) is 4.79 Å². The van der Waals surface area contributed by atoms with Gasteiger partial charge in [0.05, 0.1) is 9.35 Å². The number of thiophene rings is 1. The summed E-state index contributed by atoms with van der Waals surface area (Å²) in [6.07, 6.45) is 2.05. The third-order valence-corrected chi connectivity index (χ3v) is 5.66. The van der Waals surface area contributed by atoms with Crippen molar-refractivity contribution in [3.05, 3.63) is 20.3 Å². The van der Waals surface area contributed by atoms with Crippen LogP contribution in [0.5, 0.6) is 0 Å². The van der Waals surface area contributed by atoms with Crippen LogP contribution in [-0.2, 0) is 9.53 Å². The fraction of sp³-hybridized carbons (Fsp3) is 0.647. The molecule has 23 heavy (non-hydrogen) atoms. The molecule has 1 aromatic heterocycles. The van der Waals surface area contributed by atoms with Crippen molar-refractivity contribution < 1.29 is 14.3 Å². The highest BCUT2D eigenvalue weighted by Crippen LogP contribution is 2.40. The van der Waals surface area contributed by atoms with Crippen LogP contribution >= 0.6 is 27.3 Å². The molecule has 0 saturated carbocycles. The molecule has 2 unspecified atom stereocenters. The number of rotatable bonds is 4. The molecule has 2 atom stereocenters. The molecule has 128 valence electrons. The highest BCUT2D eigenvalue weighted by atomic mass is 79.9. The Morgan fingerprint density at radius 1 is 1.52 bits per heavy atom. The number of carbonyl (C=O) groups is 2. The lowest BCUT2D eigenvalue weighted by Gasteiger charge is -2.36. The zero-order valence-corrected chi connectivity index (χ0v) is 16.7. The molecule has 0 aromatic carbocycles. The largest absolute Gasteiger partial charge is 0.458 e. The van der Waals surface area contributed by atoms with Crippen LogP contribution in [0.4, 0.5) is 0 Å². The van der Waals surface area contributed by atoms with Crippen LogP contribution in [0.1, 0.15) is 68.6 Å². The van der Waals surface area contributed by atoms with Gasteiger partial charge in [0.1, 0.15) is 11.6 Å². The summed E-state index contributed by atoms with van der Waals surface area (Å²) in [6, 6.07) is 1.30. The molecular formula is C17H24BrNO3S. The van der Waals surface area contributed by atoms with Crippen LogP contribution in [-0.4, -0.2) is 35.0 Å². The maximum atomic E-state index is 12.8. The normalized spacial score (nSPS) is 19.5. The lowest BCUT2D eigenvalue weighted by Crippen LogP contribution is -2.49. The lowest BCUT2D eigenvalue weighted by atomic mass is 9.93. The number of amides is 1. The number of halogens is 1. The van der Waals surface area contributed by atoms with E-state index in [0.29, 0.717) is 6.54 Å². The van der Waals surface area contributed by atoms with Crippen molar-refractivity contribution >= 4 is 39.1 Å². The summed E-state index contributed by atoms with van der Waals surface area (Å²) in [4.78, 5) is 28.0. The Morgan fingerprint density at radius 2 is 2.17 bits per heavy atom. The molecule has 0 bridgehead atoms.